The Morgan fingerprint density at radius 2 is 1.59 bits per heavy atom. The van der Waals surface area contributed by atoms with Gasteiger partial charge in [0.15, 0.2) is 0 Å². The van der Waals surface area contributed by atoms with Crippen LogP contribution in [0, 0.1) is 36.5 Å². The number of benzene rings is 1. The lowest BCUT2D eigenvalue weighted by atomic mass is 9.68. The fourth-order valence-electron chi connectivity index (χ4n) is 5.82. The molecule has 0 saturated heterocycles. The number of aryl methyl sites for hydroxylation is 2. The van der Waals surface area contributed by atoms with Crippen LogP contribution in [-0.2, 0) is 6.42 Å². The van der Waals surface area contributed by atoms with Crippen LogP contribution in [0.2, 0.25) is 0 Å². The number of allylic oxidation sites excluding steroid dienone is 2. The molecule has 1 fully saturated rings. The molecule has 0 heterocycles. The van der Waals surface area contributed by atoms with Gasteiger partial charge in [-0.25, -0.2) is 0 Å². The minimum Gasteiger partial charge on any atom is -0.0676 e. The molecule has 1 aromatic carbocycles. The van der Waals surface area contributed by atoms with Crippen LogP contribution in [0.25, 0.3) is 0 Å². The first-order valence-electron chi connectivity index (χ1n) is 8.96. The molecule has 4 atom stereocenters. The van der Waals surface area contributed by atoms with Gasteiger partial charge in [0.25, 0.3) is 0 Å². The molecule has 0 nitrogen and oxygen atoms in total. The van der Waals surface area contributed by atoms with Crippen molar-refractivity contribution in [3.05, 3.63) is 46.0 Å². The van der Waals surface area contributed by atoms with Crippen molar-refractivity contribution in [3.63, 3.8) is 0 Å². The zero-order valence-corrected chi connectivity index (χ0v) is 15.5. The molecule has 3 rings (SSSR count). The maximum atomic E-state index is 2.55. The second-order valence-electron chi connectivity index (χ2n) is 8.48. The molecule has 0 spiro atoms. The third kappa shape index (κ3) is 1.88. The molecule has 2 aliphatic carbocycles. The van der Waals surface area contributed by atoms with Crippen molar-refractivity contribution in [1.29, 1.82) is 0 Å². The average Bonchev–Trinajstić information content (AvgIpc) is 2.74. The molecule has 0 aromatic heterocycles. The Balaban J connectivity index is 1.84. The molecule has 4 unspecified atom stereocenters. The highest BCUT2D eigenvalue weighted by Crippen LogP contribution is 2.70. The predicted molar refractivity (Wildman–Crippen MR) is 96.1 cm³/mol. The predicted octanol–water partition coefficient (Wildman–Crippen LogP) is 6.25. The van der Waals surface area contributed by atoms with E-state index in [1.165, 1.54) is 30.4 Å². The lowest BCUT2D eigenvalue weighted by Crippen LogP contribution is -2.28. The van der Waals surface area contributed by atoms with Crippen LogP contribution in [0.3, 0.4) is 0 Å². The van der Waals surface area contributed by atoms with Gasteiger partial charge in [0.05, 0.1) is 0 Å². The molecule has 0 aliphatic heterocycles. The van der Waals surface area contributed by atoms with Crippen LogP contribution in [0.1, 0.15) is 64.2 Å². The molecule has 22 heavy (non-hydrogen) atoms. The fourth-order valence-corrected chi connectivity index (χ4v) is 5.82. The highest BCUT2D eigenvalue weighted by molar-refractivity contribution is 5.39. The van der Waals surface area contributed by atoms with Crippen molar-refractivity contribution in [2.75, 3.05) is 0 Å². The van der Waals surface area contributed by atoms with E-state index in [2.05, 4.69) is 66.7 Å². The quantitative estimate of drug-likeness (QED) is 0.578. The maximum absolute atomic E-state index is 2.55. The van der Waals surface area contributed by atoms with E-state index in [0.29, 0.717) is 10.8 Å². The van der Waals surface area contributed by atoms with Gasteiger partial charge in [-0.05, 0) is 86.3 Å². The summed E-state index contributed by atoms with van der Waals surface area (Å²) in [6.45, 7) is 16.9. The Bertz CT molecular complexity index is 615. The monoisotopic (exact) mass is 296 g/mol. The molecule has 0 amide bonds. The zero-order chi connectivity index (χ0) is 16.3. The van der Waals surface area contributed by atoms with Crippen LogP contribution < -0.4 is 0 Å². The fraction of sp³-hybridized carbons (Fsp3) is 0.636. The molecule has 1 saturated carbocycles. The van der Waals surface area contributed by atoms with E-state index in [-0.39, 0.29) is 0 Å². The lowest BCUT2D eigenvalue weighted by molar-refractivity contribution is 0.208. The van der Waals surface area contributed by atoms with E-state index in [1.54, 1.807) is 16.7 Å². The van der Waals surface area contributed by atoms with Crippen molar-refractivity contribution >= 4 is 0 Å². The number of hydrogen-bond donors (Lipinski definition) is 0. The van der Waals surface area contributed by atoms with E-state index in [4.69, 9.17) is 0 Å². The maximum Gasteiger partial charge on any atom is -0.00538 e. The summed E-state index contributed by atoms with van der Waals surface area (Å²) in [5.41, 5.74) is 8.78. The van der Waals surface area contributed by atoms with Crippen LogP contribution in [0.5, 0.6) is 0 Å². The lowest BCUT2D eigenvalue weighted by Gasteiger charge is -2.36. The molecular formula is C22H32. The molecule has 1 aromatic rings. The summed E-state index contributed by atoms with van der Waals surface area (Å²) in [7, 11) is 0. The van der Waals surface area contributed by atoms with E-state index >= 15 is 0 Å². The third-order valence-electron chi connectivity index (χ3n) is 7.99. The summed E-state index contributed by atoms with van der Waals surface area (Å²) in [5.74, 6) is 1.64. The third-order valence-corrected chi connectivity index (χ3v) is 7.99. The van der Waals surface area contributed by atoms with Gasteiger partial charge in [-0.15, -0.1) is 0 Å². The van der Waals surface area contributed by atoms with Gasteiger partial charge >= 0.3 is 0 Å². The minimum absolute atomic E-state index is 0.426. The van der Waals surface area contributed by atoms with Crippen molar-refractivity contribution in [2.24, 2.45) is 22.7 Å². The molecular weight excluding hydrogens is 264 g/mol. The van der Waals surface area contributed by atoms with E-state index < -0.39 is 0 Å². The molecule has 0 radical (unpaired) electrons. The SMILES string of the molecule is CC1=C(C)C2(C)C(CCc3c(C)cccc3C)CC1(C)C2C. The Morgan fingerprint density at radius 3 is 2.09 bits per heavy atom. The average molecular weight is 296 g/mol. The summed E-state index contributed by atoms with van der Waals surface area (Å²) < 4.78 is 0. The standard InChI is InChI=1S/C22H32/c1-14-9-8-10-15(2)20(14)12-11-19-13-21(6)16(3)17(4)22(19,7)18(21)5/h8-10,18-19H,11-13H2,1-7H3. The van der Waals surface area contributed by atoms with Gasteiger partial charge in [0.2, 0.25) is 0 Å². The molecule has 0 heteroatoms. The number of rotatable bonds is 3. The van der Waals surface area contributed by atoms with Gasteiger partial charge in [0.1, 0.15) is 0 Å². The number of hydrogen-bond acceptors (Lipinski definition) is 0. The van der Waals surface area contributed by atoms with Crippen molar-refractivity contribution < 1.29 is 0 Å². The highest BCUT2D eigenvalue weighted by atomic mass is 14.7. The van der Waals surface area contributed by atoms with Crippen LogP contribution in [0.4, 0.5) is 0 Å². The minimum atomic E-state index is 0.426. The highest BCUT2D eigenvalue weighted by Gasteiger charge is 2.61. The van der Waals surface area contributed by atoms with Gasteiger partial charge in [-0.1, -0.05) is 50.1 Å². The van der Waals surface area contributed by atoms with Gasteiger partial charge in [0, 0.05) is 0 Å². The Labute approximate surface area is 137 Å². The smallest absolute Gasteiger partial charge is 0.00538 e. The Kier molecular flexibility index (Phi) is 3.59. The zero-order valence-electron chi connectivity index (χ0n) is 15.5. The first-order valence-corrected chi connectivity index (χ1v) is 8.96. The van der Waals surface area contributed by atoms with Crippen LogP contribution in [-0.4, -0.2) is 0 Å². The summed E-state index contributed by atoms with van der Waals surface area (Å²) >= 11 is 0. The summed E-state index contributed by atoms with van der Waals surface area (Å²) in [6, 6.07) is 6.72. The first-order chi connectivity index (χ1) is 10.2. The van der Waals surface area contributed by atoms with Crippen molar-refractivity contribution in [3.8, 4) is 0 Å². The number of fused-ring (bicyclic) bond motifs is 2. The van der Waals surface area contributed by atoms with Crippen molar-refractivity contribution in [1.82, 2.24) is 0 Å². The molecule has 120 valence electrons. The van der Waals surface area contributed by atoms with E-state index in [1.807, 2.05) is 0 Å². The largest absolute Gasteiger partial charge is 0.0676 e. The first kappa shape index (κ1) is 15.8. The molecule has 2 aliphatic rings. The normalized spacial score (nSPS) is 37.2. The van der Waals surface area contributed by atoms with E-state index in [9.17, 15) is 0 Å². The van der Waals surface area contributed by atoms with Gasteiger partial charge in [-0.3, -0.25) is 0 Å². The van der Waals surface area contributed by atoms with Crippen LogP contribution >= 0.6 is 0 Å². The molecule has 0 N–H and O–H groups in total. The van der Waals surface area contributed by atoms with E-state index in [0.717, 1.165) is 11.8 Å². The topological polar surface area (TPSA) is 0 Å². The Hall–Kier alpha value is -1.04. The Morgan fingerprint density at radius 1 is 1.00 bits per heavy atom. The molecule has 2 bridgehead atoms. The van der Waals surface area contributed by atoms with Crippen LogP contribution in [0.15, 0.2) is 29.3 Å². The second kappa shape index (κ2) is 4.98. The van der Waals surface area contributed by atoms with Gasteiger partial charge in [-0.2, -0.15) is 0 Å². The summed E-state index contributed by atoms with van der Waals surface area (Å²) in [5, 5.41) is 0. The summed E-state index contributed by atoms with van der Waals surface area (Å²) in [4.78, 5) is 0. The van der Waals surface area contributed by atoms with Crippen molar-refractivity contribution in [2.45, 2.75) is 67.7 Å². The summed E-state index contributed by atoms with van der Waals surface area (Å²) in [6.07, 6.45) is 3.97. The van der Waals surface area contributed by atoms with Gasteiger partial charge < -0.3 is 0 Å². The second-order valence-corrected chi connectivity index (χ2v) is 8.48.